The molecule has 358 valence electrons. The summed E-state index contributed by atoms with van der Waals surface area (Å²) in [6.07, 6.45) is -10.0. The van der Waals surface area contributed by atoms with E-state index < -0.39 is 119 Å². The van der Waals surface area contributed by atoms with Crippen molar-refractivity contribution in [1.82, 2.24) is 5.32 Å². The number of nitrogens with one attached hydrogen (secondary N) is 1. The summed E-state index contributed by atoms with van der Waals surface area (Å²) in [4.78, 5) is 84.9. The van der Waals surface area contributed by atoms with Crippen LogP contribution in [0.25, 0.3) is 0 Å². The first-order valence-corrected chi connectivity index (χ1v) is 22.1. The van der Waals surface area contributed by atoms with Crippen molar-refractivity contribution in [2.24, 2.45) is 16.7 Å². The van der Waals surface area contributed by atoms with Crippen LogP contribution < -0.4 is 5.32 Å². The van der Waals surface area contributed by atoms with Crippen LogP contribution in [0.2, 0.25) is 0 Å². The van der Waals surface area contributed by atoms with Gasteiger partial charge in [-0.05, 0) is 54.8 Å². The highest BCUT2D eigenvalue weighted by atomic mass is 16.7. The molecule has 11 atom stereocenters. The fourth-order valence-electron chi connectivity index (χ4n) is 10.7. The Morgan fingerprint density at radius 2 is 1.46 bits per heavy atom. The summed E-state index contributed by atoms with van der Waals surface area (Å²) in [7, 11) is 0. The number of benzene rings is 3. The molecule has 17 nitrogen and oxygen atoms in total. The minimum absolute atomic E-state index is 0.00923. The minimum atomic E-state index is -2.41. The predicted octanol–water partition coefficient (Wildman–Crippen LogP) is 3.73. The topological polar surface area (TPSA) is 240 Å². The van der Waals surface area contributed by atoms with Crippen LogP contribution in [-0.4, -0.2) is 125 Å². The van der Waals surface area contributed by atoms with E-state index in [2.05, 4.69) is 5.32 Å². The van der Waals surface area contributed by atoms with Crippen LogP contribution in [0.1, 0.15) is 86.7 Å². The first-order valence-electron chi connectivity index (χ1n) is 22.1. The first-order chi connectivity index (χ1) is 31.8. The van der Waals surface area contributed by atoms with Gasteiger partial charge < -0.3 is 53.8 Å². The Labute approximate surface area is 387 Å². The van der Waals surface area contributed by atoms with Gasteiger partial charge in [0.2, 0.25) is 0 Å². The lowest BCUT2D eigenvalue weighted by molar-refractivity contribution is -0.351. The average Bonchev–Trinajstić information content (AvgIpc) is 3.30. The smallest absolute Gasteiger partial charge is 0.338 e. The highest BCUT2D eigenvalue weighted by Crippen LogP contribution is 2.65. The van der Waals surface area contributed by atoms with Gasteiger partial charge in [0.05, 0.1) is 48.9 Å². The van der Waals surface area contributed by atoms with Gasteiger partial charge in [-0.2, -0.15) is 0 Å². The fraction of sp³-hybridized carbons (Fsp3) is 0.480. The van der Waals surface area contributed by atoms with Crippen LogP contribution in [-0.2, 0) is 52.3 Å². The van der Waals surface area contributed by atoms with E-state index in [-0.39, 0.29) is 48.5 Å². The highest BCUT2D eigenvalue weighted by Gasteiger charge is 2.78. The second-order valence-corrected chi connectivity index (χ2v) is 18.2. The van der Waals surface area contributed by atoms with Gasteiger partial charge in [0.1, 0.15) is 30.7 Å². The maximum absolute atomic E-state index is 16.0. The van der Waals surface area contributed by atoms with Crippen molar-refractivity contribution in [2.75, 3.05) is 26.6 Å². The molecule has 7 rings (SSSR count). The number of rotatable bonds is 15. The number of ether oxygens (including phenoxy) is 7. The zero-order valence-electron chi connectivity index (χ0n) is 38.2. The summed E-state index contributed by atoms with van der Waals surface area (Å²) in [5.41, 5.74) is -6.97. The van der Waals surface area contributed by atoms with Crippen molar-refractivity contribution >= 4 is 35.6 Å². The molecule has 1 amide bonds. The lowest BCUT2D eigenvalue weighted by Gasteiger charge is -2.67. The van der Waals surface area contributed by atoms with Gasteiger partial charge in [0.25, 0.3) is 5.91 Å². The molecule has 0 spiro atoms. The zero-order valence-corrected chi connectivity index (χ0v) is 38.2. The van der Waals surface area contributed by atoms with E-state index in [4.69, 9.17) is 33.2 Å². The summed E-state index contributed by atoms with van der Waals surface area (Å²) in [5.74, 6) is -6.75. The molecule has 3 fully saturated rings. The van der Waals surface area contributed by atoms with Gasteiger partial charge in [-0.1, -0.05) is 80.6 Å². The molecule has 4 aliphatic rings. The molecule has 4 N–H and O–H groups in total. The molecule has 67 heavy (non-hydrogen) atoms. The van der Waals surface area contributed by atoms with E-state index in [1.165, 1.54) is 32.9 Å². The monoisotopic (exact) mass is 927 g/mol. The molecular formula is C50H57NO16. The number of carbonyl (C=O) groups excluding carboxylic acids is 6. The number of fused-ring (bicyclic) bond motifs is 5. The van der Waals surface area contributed by atoms with Gasteiger partial charge in [0, 0.05) is 37.7 Å². The van der Waals surface area contributed by atoms with E-state index in [9.17, 15) is 39.3 Å². The molecule has 17 heteroatoms. The third-order valence-corrected chi connectivity index (χ3v) is 14.0. The number of esters is 4. The largest absolute Gasteiger partial charge is 0.456 e. The quantitative estimate of drug-likeness (QED) is 0.0558. The van der Waals surface area contributed by atoms with Crippen molar-refractivity contribution < 1.29 is 77.2 Å². The molecule has 0 unspecified atom stereocenters. The van der Waals surface area contributed by atoms with Crippen LogP contribution in [0.5, 0.6) is 0 Å². The number of amides is 1. The molecular weight excluding hydrogens is 871 g/mol. The maximum atomic E-state index is 16.0. The average molecular weight is 928 g/mol. The summed E-state index contributed by atoms with van der Waals surface area (Å²) in [6.45, 7) is 7.25. The van der Waals surface area contributed by atoms with Crippen LogP contribution in [0, 0.1) is 16.7 Å². The van der Waals surface area contributed by atoms with E-state index >= 15 is 4.79 Å². The molecule has 1 heterocycles. The van der Waals surface area contributed by atoms with Crippen LogP contribution in [0.4, 0.5) is 0 Å². The van der Waals surface area contributed by atoms with Crippen LogP contribution >= 0.6 is 0 Å². The highest BCUT2D eigenvalue weighted by molar-refractivity contribution is 5.96. The molecule has 0 radical (unpaired) electrons. The summed E-state index contributed by atoms with van der Waals surface area (Å²) >= 11 is 0. The second-order valence-electron chi connectivity index (χ2n) is 18.2. The standard InChI is InChI=1S/C50H57NO16/c1-28-34(65-46(59)39(55)38(31-16-10-7-11-17-31)51-44(57)32-18-12-8-13-19-32)25-50(60)43(66-45(58)33-20-14-9-15-21-33)41-48(6,42(56)40(64-29(2)53)37(28)47(50,4)5)35(63-27-61-23-22-52)24-36-49(41,26-62-36)67-30(3)54/h7-21,34-36,38-41,43,52,55,60H,22-27H2,1-6H3,(H,51,57)/t34-,35-,36+,38-,39+,40+,41-,43-,48+,49-,50+/m0/s1. The lowest BCUT2D eigenvalue weighted by Crippen LogP contribution is -2.82. The Hall–Kier alpha value is -5.82. The van der Waals surface area contributed by atoms with E-state index in [1.807, 2.05) is 0 Å². The minimum Gasteiger partial charge on any atom is -0.456 e. The van der Waals surface area contributed by atoms with Crippen molar-refractivity contribution in [3.8, 4) is 0 Å². The number of ketones is 1. The molecule has 2 bridgehead atoms. The molecule has 3 aromatic carbocycles. The van der Waals surface area contributed by atoms with Gasteiger partial charge in [-0.15, -0.1) is 0 Å². The lowest BCUT2D eigenvalue weighted by atomic mass is 9.44. The van der Waals surface area contributed by atoms with Crippen molar-refractivity contribution in [3.05, 3.63) is 119 Å². The second kappa shape index (κ2) is 19.4. The Morgan fingerprint density at radius 1 is 0.851 bits per heavy atom. The van der Waals surface area contributed by atoms with E-state index in [0.29, 0.717) is 5.56 Å². The van der Waals surface area contributed by atoms with Gasteiger partial charge >= 0.3 is 23.9 Å². The molecule has 1 saturated heterocycles. The summed E-state index contributed by atoms with van der Waals surface area (Å²) in [5, 5.41) is 38.0. The van der Waals surface area contributed by atoms with E-state index in [0.717, 1.165) is 6.92 Å². The number of carbonyl (C=O) groups is 6. The fourth-order valence-corrected chi connectivity index (χ4v) is 10.7. The van der Waals surface area contributed by atoms with Crippen LogP contribution in [0.15, 0.2) is 102 Å². The molecule has 3 aliphatic carbocycles. The maximum Gasteiger partial charge on any atom is 0.338 e. The number of aliphatic hydroxyl groups excluding tert-OH is 2. The van der Waals surface area contributed by atoms with Crippen molar-refractivity contribution in [2.45, 2.75) is 108 Å². The number of hydrogen-bond donors (Lipinski definition) is 4. The Kier molecular flexibility index (Phi) is 14.2. The number of hydrogen-bond acceptors (Lipinski definition) is 16. The van der Waals surface area contributed by atoms with Gasteiger partial charge in [-0.3, -0.25) is 19.2 Å². The Morgan fingerprint density at radius 3 is 2.03 bits per heavy atom. The zero-order chi connectivity index (χ0) is 48.5. The Bertz CT molecular complexity index is 2370. The van der Waals surface area contributed by atoms with E-state index in [1.54, 1.807) is 92.7 Å². The molecule has 3 aromatic rings. The summed E-state index contributed by atoms with van der Waals surface area (Å²) in [6, 6.07) is 23.0. The number of Topliss-reactive ketones (excluding diaryl/α,β-unsaturated/α-hetero) is 1. The normalized spacial score (nSPS) is 30.4. The van der Waals surface area contributed by atoms with Gasteiger partial charge in [0.15, 0.2) is 23.6 Å². The Balaban J connectivity index is 1.41. The third kappa shape index (κ3) is 8.91. The summed E-state index contributed by atoms with van der Waals surface area (Å²) < 4.78 is 42.7. The molecule has 1 aliphatic heterocycles. The third-order valence-electron chi connectivity index (χ3n) is 14.0. The van der Waals surface area contributed by atoms with Crippen molar-refractivity contribution in [1.29, 1.82) is 0 Å². The van der Waals surface area contributed by atoms with Crippen LogP contribution in [0.3, 0.4) is 0 Å². The SMILES string of the molecule is CC(=O)O[C@H]1C(=O)[C@]2(C)[C@@H](OCOCCO)C[C@H]3OC[C@@]3(OC(C)=O)[C@H]2[C@H](OC(=O)c2ccccc2)[C@]2(O)C[C@H](OC(=O)[C@H](O)[C@@H](NC(=O)c3ccccc3)c3ccccc3)C(C)=C1C2(C)C. The first kappa shape index (κ1) is 49.1. The van der Waals surface area contributed by atoms with Gasteiger partial charge in [-0.25, -0.2) is 9.59 Å². The number of aliphatic hydroxyl groups is 3. The predicted molar refractivity (Wildman–Crippen MR) is 234 cm³/mol. The molecule has 2 saturated carbocycles. The molecule has 0 aromatic heterocycles. The van der Waals surface area contributed by atoms with Crippen molar-refractivity contribution in [3.63, 3.8) is 0 Å².